The number of hydrogen-bond donors (Lipinski definition) is 1. The highest BCUT2D eigenvalue weighted by molar-refractivity contribution is 5.79. The van der Waals surface area contributed by atoms with Crippen LogP contribution in [0.3, 0.4) is 0 Å². The molecule has 24 heavy (non-hydrogen) atoms. The zero-order valence-corrected chi connectivity index (χ0v) is 15.4. The predicted octanol–water partition coefficient (Wildman–Crippen LogP) is 5.05. The van der Waals surface area contributed by atoms with Crippen LogP contribution in [-0.2, 0) is 16.0 Å². The van der Waals surface area contributed by atoms with Gasteiger partial charge in [0.05, 0.1) is 6.61 Å². The maximum absolute atomic E-state index is 12.2. The van der Waals surface area contributed by atoms with E-state index >= 15 is 0 Å². The van der Waals surface area contributed by atoms with Crippen molar-refractivity contribution < 1.29 is 14.6 Å². The molecule has 0 aliphatic heterocycles. The predicted molar refractivity (Wildman–Crippen MR) is 99.0 cm³/mol. The largest absolute Gasteiger partial charge is 0.464 e. The summed E-state index contributed by atoms with van der Waals surface area (Å²) in [6.45, 7) is 4.30. The highest BCUT2D eigenvalue weighted by Gasteiger charge is 2.37. The third-order valence-electron chi connectivity index (χ3n) is 4.44. The van der Waals surface area contributed by atoms with Crippen molar-refractivity contribution in [1.82, 2.24) is 0 Å². The van der Waals surface area contributed by atoms with Gasteiger partial charge in [-0.2, -0.15) is 0 Å². The fraction of sp³-hybridized carbons (Fsp3) is 0.667. The first-order valence-electron chi connectivity index (χ1n) is 9.56. The van der Waals surface area contributed by atoms with E-state index in [2.05, 4.69) is 6.92 Å². The van der Waals surface area contributed by atoms with Crippen LogP contribution < -0.4 is 0 Å². The van der Waals surface area contributed by atoms with Crippen LogP contribution in [0.1, 0.15) is 77.2 Å². The van der Waals surface area contributed by atoms with Crippen molar-refractivity contribution in [3.8, 4) is 0 Å². The zero-order valence-electron chi connectivity index (χ0n) is 15.4. The number of ether oxygens (including phenoxy) is 1. The van der Waals surface area contributed by atoms with Crippen molar-refractivity contribution in [2.75, 3.05) is 6.61 Å². The molecule has 3 heteroatoms. The quantitative estimate of drug-likeness (QED) is 0.405. The first-order valence-corrected chi connectivity index (χ1v) is 9.56. The molecule has 0 aliphatic carbocycles. The summed E-state index contributed by atoms with van der Waals surface area (Å²) in [4.78, 5) is 12.2. The lowest BCUT2D eigenvalue weighted by atomic mass is 9.89. The Morgan fingerprint density at radius 2 is 1.54 bits per heavy atom. The zero-order chi connectivity index (χ0) is 17.7. The number of rotatable bonds is 13. The first kappa shape index (κ1) is 20.7. The Balaban J connectivity index is 2.43. The number of benzene rings is 1. The Morgan fingerprint density at radius 1 is 0.958 bits per heavy atom. The van der Waals surface area contributed by atoms with Crippen molar-refractivity contribution in [1.29, 1.82) is 0 Å². The van der Waals surface area contributed by atoms with E-state index in [0.29, 0.717) is 19.4 Å². The summed E-state index contributed by atoms with van der Waals surface area (Å²) >= 11 is 0. The number of carbonyl (C=O) groups excluding carboxylic acids is 1. The van der Waals surface area contributed by atoms with Gasteiger partial charge in [0.2, 0.25) is 0 Å². The van der Waals surface area contributed by atoms with Gasteiger partial charge in [-0.1, -0.05) is 82.2 Å². The number of aliphatic hydroxyl groups is 1. The number of unbranched alkanes of at least 4 members (excludes halogenated alkanes) is 7. The molecule has 1 aromatic rings. The second-order valence-electron chi connectivity index (χ2n) is 6.64. The third kappa shape index (κ3) is 7.96. The lowest BCUT2D eigenvalue weighted by Crippen LogP contribution is -2.42. The Morgan fingerprint density at radius 3 is 2.12 bits per heavy atom. The molecule has 0 aromatic heterocycles. The van der Waals surface area contributed by atoms with Gasteiger partial charge in [-0.3, -0.25) is 0 Å². The second-order valence-corrected chi connectivity index (χ2v) is 6.64. The summed E-state index contributed by atoms with van der Waals surface area (Å²) in [6.07, 6.45) is 10.3. The minimum atomic E-state index is -1.40. The summed E-state index contributed by atoms with van der Waals surface area (Å²) < 4.78 is 5.11. The summed E-state index contributed by atoms with van der Waals surface area (Å²) in [5, 5.41) is 10.9. The molecule has 1 rings (SSSR count). The summed E-state index contributed by atoms with van der Waals surface area (Å²) in [6, 6.07) is 9.68. The van der Waals surface area contributed by atoms with Crippen molar-refractivity contribution in [2.24, 2.45) is 0 Å². The minimum absolute atomic E-state index is 0.299. The van der Waals surface area contributed by atoms with Crippen LogP contribution in [0.15, 0.2) is 30.3 Å². The van der Waals surface area contributed by atoms with Gasteiger partial charge >= 0.3 is 5.97 Å². The molecular weight excluding hydrogens is 300 g/mol. The Kier molecular flexibility index (Phi) is 10.4. The maximum Gasteiger partial charge on any atom is 0.338 e. The van der Waals surface area contributed by atoms with Crippen molar-refractivity contribution >= 4 is 5.97 Å². The highest BCUT2D eigenvalue weighted by atomic mass is 16.5. The van der Waals surface area contributed by atoms with E-state index in [1.165, 1.54) is 38.5 Å². The van der Waals surface area contributed by atoms with E-state index in [9.17, 15) is 9.90 Å². The first-order chi connectivity index (χ1) is 11.6. The summed E-state index contributed by atoms with van der Waals surface area (Å²) in [5.41, 5.74) is -0.438. The monoisotopic (exact) mass is 334 g/mol. The van der Waals surface area contributed by atoms with Crippen LogP contribution in [0, 0.1) is 0 Å². The molecule has 0 spiro atoms. The standard InChI is InChI=1S/C21H34O3/c1-3-5-6-7-8-9-10-14-17-21(23,20(22)24-4-2)18-19-15-12-11-13-16-19/h11-13,15-16,23H,3-10,14,17-18H2,1-2H3/t21-/m0/s1. The van der Waals surface area contributed by atoms with Gasteiger partial charge < -0.3 is 9.84 Å². The van der Waals surface area contributed by atoms with Gasteiger partial charge in [0.1, 0.15) is 0 Å². The molecule has 0 saturated heterocycles. The van der Waals surface area contributed by atoms with E-state index < -0.39 is 11.6 Å². The van der Waals surface area contributed by atoms with E-state index in [1.807, 2.05) is 30.3 Å². The van der Waals surface area contributed by atoms with Crippen LogP contribution in [0.2, 0.25) is 0 Å². The van der Waals surface area contributed by atoms with E-state index in [1.54, 1.807) is 6.92 Å². The van der Waals surface area contributed by atoms with Crippen molar-refractivity contribution in [3.05, 3.63) is 35.9 Å². The van der Waals surface area contributed by atoms with E-state index in [0.717, 1.165) is 18.4 Å². The molecule has 1 atom stereocenters. The van der Waals surface area contributed by atoms with Crippen LogP contribution in [0.5, 0.6) is 0 Å². The topological polar surface area (TPSA) is 46.5 Å². The van der Waals surface area contributed by atoms with Gasteiger partial charge in [-0.25, -0.2) is 4.79 Å². The normalized spacial score (nSPS) is 13.5. The van der Waals surface area contributed by atoms with Gasteiger partial charge in [0.25, 0.3) is 0 Å². The summed E-state index contributed by atoms with van der Waals surface area (Å²) in [7, 11) is 0. The molecular formula is C21H34O3. The number of esters is 1. The molecule has 0 amide bonds. The Bertz CT molecular complexity index is 444. The molecule has 0 fully saturated rings. The minimum Gasteiger partial charge on any atom is -0.464 e. The molecule has 136 valence electrons. The lowest BCUT2D eigenvalue weighted by Gasteiger charge is -2.26. The van der Waals surface area contributed by atoms with Gasteiger partial charge in [-0.15, -0.1) is 0 Å². The highest BCUT2D eigenvalue weighted by Crippen LogP contribution is 2.23. The average Bonchev–Trinajstić information content (AvgIpc) is 2.58. The van der Waals surface area contributed by atoms with E-state index in [-0.39, 0.29) is 0 Å². The molecule has 3 nitrogen and oxygen atoms in total. The molecule has 0 saturated carbocycles. The molecule has 0 bridgehead atoms. The second kappa shape index (κ2) is 12.1. The van der Waals surface area contributed by atoms with Crippen LogP contribution in [0.4, 0.5) is 0 Å². The van der Waals surface area contributed by atoms with E-state index in [4.69, 9.17) is 4.74 Å². The van der Waals surface area contributed by atoms with Crippen LogP contribution in [-0.4, -0.2) is 23.3 Å². The van der Waals surface area contributed by atoms with Gasteiger partial charge in [-0.05, 0) is 25.3 Å². The molecule has 0 aliphatic rings. The van der Waals surface area contributed by atoms with Crippen molar-refractivity contribution in [2.45, 2.75) is 83.7 Å². The maximum atomic E-state index is 12.2. The fourth-order valence-electron chi connectivity index (χ4n) is 3.01. The summed E-state index contributed by atoms with van der Waals surface area (Å²) in [5.74, 6) is -0.489. The molecule has 1 N–H and O–H groups in total. The van der Waals surface area contributed by atoms with Crippen LogP contribution in [0.25, 0.3) is 0 Å². The molecule has 1 aromatic carbocycles. The SMILES string of the molecule is CCCCCCCCCC[C@](O)(Cc1ccccc1)C(=O)OCC. The van der Waals surface area contributed by atoms with Crippen molar-refractivity contribution in [3.63, 3.8) is 0 Å². The Labute approximate surface area is 147 Å². The lowest BCUT2D eigenvalue weighted by molar-refractivity contribution is -0.165. The molecule has 0 radical (unpaired) electrons. The molecule has 0 unspecified atom stereocenters. The number of carbonyl (C=O) groups is 1. The fourth-order valence-corrected chi connectivity index (χ4v) is 3.01. The smallest absolute Gasteiger partial charge is 0.338 e. The average molecular weight is 335 g/mol. The number of hydrogen-bond acceptors (Lipinski definition) is 3. The van der Waals surface area contributed by atoms with Gasteiger partial charge in [0.15, 0.2) is 5.60 Å². The van der Waals surface area contributed by atoms with Gasteiger partial charge in [0, 0.05) is 6.42 Å². The molecule has 0 heterocycles. The third-order valence-corrected chi connectivity index (χ3v) is 4.44. The Hall–Kier alpha value is -1.35. The van der Waals surface area contributed by atoms with Crippen LogP contribution >= 0.6 is 0 Å².